The number of carboxylic acid groups (broad SMARTS) is 2. The summed E-state index contributed by atoms with van der Waals surface area (Å²) >= 11 is 0. The van der Waals surface area contributed by atoms with E-state index in [1.807, 2.05) is 0 Å². The van der Waals surface area contributed by atoms with Gasteiger partial charge in [-0.1, -0.05) is 32.1 Å². The largest absolute Gasteiger partial charge is 0.481 e. The second-order valence-corrected chi connectivity index (χ2v) is 6.26. The van der Waals surface area contributed by atoms with Crippen LogP contribution in [-0.2, 0) is 30.7 Å². The number of carboxylic acids is 2. The van der Waals surface area contributed by atoms with Crippen LogP contribution in [0.25, 0.3) is 0 Å². The van der Waals surface area contributed by atoms with Crippen LogP contribution in [0.3, 0.4) is 0 Å². The van der Waals surface area contributed by atoms with Crippen LogP contribution in [0.5, 0.6) is 0 Å². The Morgan fingerprint density at radius 2 is 1.45 bits per heavy atom. The molecule has 2 unspecified atom stereocenters. The van der Waals surface area contributed by atoms with Gasteiger partial charge in [-0.05, 0) is 31.6 Å². The van der Waals surface area contributed by atoms with Gasteiger partial charge in [-0.15, -0.1) is 0 Å². The van der Waals surface area contributed by atoms with Crippen molar-refractivity contribution in [2.24, 2.45) is 17.4 Å². The fraction of sp³-hybridized carbons (Fsp3) is 0.867. The average molecular weight is 495 g/mol. The molecular formula is C15H28N2O4Pt. The monoisotopic (exact) mass is 495 g/mol. The van der Waals surface area contributed by atoms with E-state index >= 15 is 0 Å². The van der Waals surface area contributed by atoms with Crippen molar-refractivity contribution in [2.75, 3.05) is 0 Å². The maximum Gasteiger partial charge on any atom is 0.314 e. The van der Waals surface area contributed by atoms with Crippen LogP contribution < -0.4 is 11.5 Å². The Labute approximate surface area is 146 Å². The zero-order chi connectivity index (χ0) is 15.9. The van der Waals surface area contributed by atoms with E-state index in [1.165, 1.54) is 51.4 Å². The summed E-state index contributed by atoms with van der Waals surface area (Å²) < 4.78 is 0. The first kappa shape index (κ1) is 21.5. The molecule has 0 aromatic rings. The van der Waals surface area contributed by atoms with Gasteiger partial charge in [0.25, 0.3) is 0 Å². The van der Waals surface area contributed by atoms with Crippen molar-refractivity contribution in [1.29, 1.82) is 0 Å². The zero-order valence-corrected chi connectivity index (χ0v) is 15.2. The Balaban J connectivity index is 0.000000478. The van der Waals surface area contributed by atoms with Crippen molar-refractivity contribution in [3.8, 4) is 0 Å². The van der Waals surface area contributed by atoms with Crippen molar-refractivity contribution in [2.45, 2.75) is 75.8 Å². The summed E-state index contributed by atoms with van der Waals surface area (Å²) in [6.45, 7) is 0. The summed E-state index contributed by atoms with van der Waals surface area (Å²) in [5, 5.41) is 15.4. The molecule has 2 fully saturated rings. The zero-order valence-electron chi connectivity index (χ0n) is 12.9. The summed E-state index contributed by atoms with van der Waals surface area (Å²) in [6.07, 6.45) is 10.9. The first-order valence-corrected chi connectivity index (χ1v) is 7.84. The number of hydrogen-bond acceptors (Lipinski definition) is 4. The minimum Gasteiger partial charge on any atom is -0.481 e. The molecule has 0 heterocycles. The van der Waals surface area contributed by atoms with Gasteiger partial charge in [0.1, 0.15) is 6.42 Å². The second kappa shape index (κ2) is 10.3. The third-order valence-electron chi connectivity index (χ3n) is 4.73. The molecule has 2 saturated carbocycles. The Bertz CT molecular complexity index is 349. The van der Waals surface area contributed by atoms with Crippen molar-refractivity contribution < 1.29 is 40.9 Å². The molecule has 0 aromatic heterocycles. The van der Waals surface area contributed by atoms with Crippen molar-refractivity contribution in [3.63, 3.8) is 0 Å². The normalized spacial score (nSPS) is 28.7. The van der Waals surface area contributed by atoms with Gasteiger partial charge in [-0.25, -0.2) is 0 Å². The van der Waals surface area contributed by atoms with Gasteiger partial charge in [-0.2, -0.15) is 0 Å². The molecule has 0 amide bonds. The maximum absolute atomic E-state index is 9.43. The molecule has 22 heavy (non-hydrogen) atoms. The number of hydrogen-bond donors (Lipinski definition) is 4. The van der Waals surface area contributed by atoms with Crippen LogP contribution in [0.2, 0.25) is 0 Å². The van der Waals surface area contributed by atoms with Crippen LogP contribution in [0.15, 0.2) is 0 Å². The van der Waals surface area contributed by atoms with Gasteiger partial charge in [0.05, 0.1) is 0 Å². The van der Waals surface area contributed by atoms with Gasteiger partial charge in [0.15, 0.2) is 0 Å². The van der Waals surface area contributed by atoms with Crippen molar-refractivity contribution >= 4 is 11.9 Å². The molecule has 7 heteroatoms. The van der Waals surface area contributed by atoms with Gasteiger partial charge in [-0.3, -0.25) is 9.59 Å². The molecule has 0 spiro atoms. The number of rotatable bonds is 3. The van der Waals surface area contributed by atoms with E-state index in [0.29, 0.717) is 5.92 Å². The Morgan fingerprint density at radius 1 is 0.955 bits per heavy atom. The molecule has 0 aliphatic heterocycles. The smallest absolute Gasteiger partial charge is 0.314 e. The number of carbonyl (C=O) groups is 2. The van der Waals surface area contributed by atoms with Gasteiger partial charge >= 0.3 is 11.9 Å². The summed E-state index contributed by atoms with van der Waals surface area (Å²) in [5.74, 6) is -1.91. The van der Waals surface area contributed by atoms with Crippen LogP contribution >= 0.6 is 0 Å². The first-order valence-electron chi connectivity index (χ1n) is 7.84. The predicted molar refractivity (Wildman–Crippen MR) is 79.8 cm³/mol. The third kappa shape index (κ3) is 6.76. The quantitative estimate of drug-likeness (QED) is 0.442. The third-order valence-corrected chi connectivity index (χ3v) is 4.73. The Morgan fingerprint density at radius 3 is 1.86 bits per heavy atom. The van der Waals surface area contributed by atoms with Gasteiger partial charge < -0.3 is 21.7 Å². The molecular weight excluding hydrogens is 467 g/mol. The molecule has 2 aliphatic rings. The van der Waals surface area contributed by atoms with E-state index in [-0.39, 0.29) is 32.6 Å². The molecule has 132 valence electrons. The predicted octanol–water partition coefficient (Wildman–Crippen LogP) is 1.71. The van der Waals surface area contributed by atoms with Crippen molar-refractivity contribution in [1.82, 2.24) is 0 Å². The molecule has 2 atom stereocenters. The average Bonchev–Trinajstić information content (AvgIpc) is 2.42. The summed E-state index contributed by atoms with van der Waals surface area (Å²) in [4.78, 5) is 18.9. The van der Waals surface area contributed by atoms with E-state index in [0.717, 1.165) is 6.42 Å². The van der Waals surface area contributed by atoms with E-state index in [2.05, 4.69) is 0 Å². The molecule has 2 rings (SSSR count). The molecule has 0 radical (unpaired) electrons. The molecule has 6 nitrogen and oxygen atoms in total. The summed E-state index contributed by atoms with van der Waals surface area (Å²) in [6, 6.07) is 0.263. The molecule has 0 saturated heterocycles. The fourth-order valence-corrected chi connectivity index (χ4v) is 3.53. The van der Waals surface area contributed by atoms with E-state index in [1.54, 1.807) is 0 Å². The molecule has 2 aliphatic carbocycles. The van der Waals surface area contributed by atoms with Crippen LogP contribution in [0.4, 0.5) is 0 Å². The molecule has 0 aromatic carbocycles. The standard InChI is InChI=1S/C12H24N2.C3H4O4.Pt/c13-11-8-4-5-9-12(11,14)10-6-2-1-3-7-10;4-2(5)1-3(6)7;/h10-11H,1-9,13-14H2;1H2,(H,4,5)(H,6,7);. The topological polar surface area (TPSA) is 127 Å². The maximum atomic E-state index is 9.43. The van der Waals surface area contributed by atoms with E-state index < -0.39 is 18.4 Å². The minimum atomic E-state index is -1.31. The SMILES string of the molecule is NC1CCCCC1(N)C1CCCCC1.O=C(O)CC(=O)O.[Pt]. The molecule has 6 N–H and O–H groups in total. The van der Waals surface area contributed by atoms with Gasteiger partial charge in [0, 0.05) is 32.6 Å². The van der Waals surface area contributed by atoms with Crippen LogP contribution in [0, 0.1) is 5.92 Å². The number of aliphatic carboxylic acids is 2. The second-order valence-electron chi connectivity index (χ2n) is 6.26. The van der Waals surface area contributed by atoms with Crippen molar-refractivity contribution in [3.05, 3.63) is 0 Å². The first-order chi connectivity index (χ1) is 9.86. The fourth-order valence-electron chi connectivity index (χ4n) is 3.53. The van der Waals surface area contributed by atoms with Gasteiger partial charge in [0.2, 0.25) is 0 Å². The van der Waals surface area contributed by atoms with E-state index in [9.17, 15) is 9.59 Å². The Hall–Kier alpha value is -0.452. The summed E-state index contributed by atoms with van der Waals surface area (Å²) in [7, 11) is 0. The molecule has 0 bridgehead atoms. The Kier molecular flexibility index (Phi) is 10.1. The summed E-state index contributed by atoms with van der Waals surface area (Å²) in [5.41, 5.74) is 12.8. The van der Waals surface area contributed by atoms with Crippen LogP contribution in [-0.4, -0.2) is 33.7 Å². The van der Waals surface area contributed by atoms with E-state index in [4.69, 9.17) is 21.7 Å². The minimum absolute atomic E-state index is 0. The number of nitrogens with two attached hydrogens (primary N) is 2. The van der Waals surface area contributed by atoms with Crippen LogP contribution in [0.1, 0.15) is 64.2 Å².